The van der Waals surface area contributed by atoms with Crippen molar-refractivity contribution in [2.24, 2.45) is 0 Å². The third-order valence-electron chi connectivity index (χ3n) is 1.61. The molecule has 0 amide bonds. The smallest absolute Gasteiger partial charge is 0.244 e. The van der Waals surface area contributed by atoms with E-state index in [0.29, 0.717) is 0 Å². The van der Waals surface area contributed by atoms with E-state index in [4.69, 9.17) is 11.6 Å². The summed E-state index contributed by atoms with van der Waals surface area (Å²) in [5.41, 5.74) is 0. The van der Waals surface area contributed by atoms with Crippen LogP contribution in [0.25, 0.3) is 0 Å². The van der Waals surface area contributed by atoms with E-state index in [9.17, 15) is 0 Å². The summed E-state index contributed by atoms with van der Waals surface area (Å²) in [5, 5.41) is 7.48. The van der Waals surface area contributed by atoms with Gasteiger partial charge in [-0.2, -0.15) is 10.1 Å². The maximum atomic E-state index is 5.59. The normalized spacial score (nSPS) is 9.92. The van der Waals surface area contributed by atoms with E-state index in [0.717, 1.165) is 18.9 Å². The van der Waals surface area contributed by atoms with Crippen LogP contribution in [0.5, 0.6) is 0 Å². The van der Waals surface area contributed by atoms with Crippen molar-refractivity contribution in [2.75, 3.05) is 18.0 Å². The second-order valence-corrected chi connectivity index (χ2v) is 2.59. The van der Waals surface area contributed by atoms with Gasteiger partial charge < -0.3 is 4.90 Å². The molecule has 4 nitrogen and oxygen atoms in total. The Kier molecular flexibility index (Phi) is 3.22. The Labute approximate surface area is 76.6 Å². The van der Waals surface area contributed by atoms with Crippen LogP contribution < -0.4 is 4.90 Å². The van der Waals surface area contributed by atoms with E-state index >= 15 is 0 Å². The molecule has 0 atom stereocenters. The molecule has 1 rings (SSSR count). The van der Waals surface area contributed by atoms with E-state index in [1.165, 1.54) is 0 Å². The molecule has 5 heteroatoms. The molecule has 1 aromatic heterocycles. The lowest BCUT2D eigenvalue weighted by Crippen LogP contribution is -2.23. The molecular weight excluding hydrogens is 176 g/mol. The third-order valence-corrected chi connectivity index (χ3v) is 1.77. The zero-order chi connectivity index (χ0) is 8.97. The summed E-state index contributed by atoms with van der Waals surface area (Å²) < 4.78 is 0. The highest BCUT2D eigenvalue weighted by molar-refractivity contribution is 6.28. The zero-order valence-electron chi connectivity index (χ0n) is 7.16. The first-order chi connectivity index (χ1) is 5.77. The molecule has 1 aromatic rings. The fourth-order valence-electron chi connectivity index (χ4n) is 0.974. The van der Waals surface area contributed by atoms with Gasteiger partial charge in [0.25, 0.3) is 0 Å². The van der Waals surface area contributed by atoms with Crippen LogP contribution in [0.4, 0.5) is 5.82 Å². The minimum absolute atomic E-state index is 0.194. The maximum Gasteiger partial charge on any atom is 0.244 e. The lowest BCUT2D eigenvalue weighted by molar-refractivity contribution is 0.823. The molecule has 0 spiro atoms. The van der Waals surface area contributed by atoms with Gasteiger partial charge in [-0.3, -0.25) is 0 Å². The van der Waals surface area contributed by atoms with Gasteiger partial charge in [0.05, 0.1) is 6.20 Å². The second-order valence-electron chi connectivity index (χ2n) is 2.26. The van der Waals surface area contributed by atoms with Gasteiger partial charge in [-0.25, -0.2) is 0 Å². The lowest BCUT2D eigenvalue weighted by atomic mass is 10.5. The second kappa shape index (κ2) is 4.21. The van der Waals surface area contributed by atoms with Gasteiger partial charge >= 0.3 is 0 Å². The van der Waals surface area contributed by atoms with Crippen molar-refractivity contribution in [2.45, 2.75) is 13.8 Å². The number of halogens is 1. The summed E-state index contributed by atoms with van der Waals surface area (Å²) >= 11 is 5.59. The molecule has 0 radical (unpaired) electrons. The van der Waals surface area contributed by atoms with Crippen molar-refractivity contribution < 1.29 is 0 Å². The quantitative estimate of drug-likeness (QED) is 0.715. The van der Waals surface area contributed by atoms with Crippen molar-refractivity contribution >= 4 is 17.4 Å². The SMILES string of the molecule is CCN(CC)c1cnnc(Cl)n1. The molecule has 66 valence electrons. The number of rotatable bonds is 3. The number of anilines is 1. The predicted octanol–water partition coefficient (Wildman–Crippen LogP) is 1.37. The monoisotopic (exact) mass is 186 g/mol. The third kappa shape index (κ3) is 2.04. The molecule has 0 fully saturated rings. The summed E-state index contributed by atoms with van der Waals surface area (Å²) in [7, 11) is 0. The Bertz CT molecular complexity index is 249. The Morgan fingerprint density at radius 3 is 2.58 bits per heavy atom. The first-order valence-corrected chi connectivity index (χ1v) is 4.25. The van der Waals surface area contributed by atoms with Crippen LogP contribution in [0.3, 0.4) is 0 Å². The summed E-state index contributed by atoms with van der Waals surface area (Å²) in [4.78, 5) is 6.09. The molecule has 0 saturated carbocycles. The highest BCUT2D eigenvalue weighted by Crippen LogP contribution is 2.09. The first kappa shape index (κ1) is 9.19. The zero-order valence-corrected chi connectivity index (χ0v) is 7.91. The van der Waals surface area contributed by atoms with Crippen LogP contribution in [0.2, 0.25) is 5.28 Å². The molecule has 1 heterocycles. The van der Waals surface area contributed by atoms with Crippen LogP contribution in [0.1, 0.15) is 13.8 Å². The highest BCUT2D eigenvalue weighted by Gasteiger charge is 2.03. The Morgan fingerprint density at radius 1 is 1.42 bits per heavy atom. The highest BCUT2D eigenvalue weighted by atomic mass is 35.5. The fourth-order valence-corrected chi connectivity index (χ4v) is 1.10. The van der Waals surface area contributed by atoms with Crippen LogP contribution in [0.15, 0.2) is 6.20 Å². The fraction of sp³-hybridized carbons (Fsp3) is 0.571. The van der Waals surface area contributed by atoms with E-state index in [-0.39, 0.29) is 5.28 Å². The Balaban J connectivity index is 2.85. The number of aromatic nitrogens is 3. The van der Waals surface area contributed by atoms with Crippen molar-refractivity contribution in [1.82, 2.24) is 15.2 Å². The molecule has 12 heavy (non-hydrogen) atoms. The van der Waals surface area contributed by atoms with Crippen molar-refractivity contribution in [3.63, 3.8) is 0 Å². The summed E-state index contributed by atoms with van der Waals surface area (Å²) in [6, 6.07) is 0. The average molecular weight is 187 g/mol. The van der Waals surface area contributed by atoms with Gasteiger partial charge in [0.1, 0.15) is 0 Å². The maximum absolute atomic E-state index is 5.59. The molecule has 0 aliphatic carbocycles. The van der Waals surface area contributed by atoms with Gasteiger partial charge in [-0.1, -0.05) is 0 Å². The molecular formula is C7H11ClN4. The van der Waals surface area contributed by atoms with E-state index in [1.54, 1.807) is 6.20 Å². The number of nitrogens with zero attached hydrogens (tertiary/aromatic N) is 4. The molecule has 0 aliphatic rings. The van der Waals surface area contributed by atoms with Crippen LogP contribution in [-0.2, 0) is 0 Å². The van der Waals surface area contributed by atoms with Gasteiger partial charge in [-0.05, 0) is 25.4 Å². The molecule has 0 aliphatic heterocycles. The van der Waals surface area contributed by atoms with E-state index < -0.39 is 0 Å². The van der Waals surface area contributed by atoms with E-state index in [1.807, 2.05) is 0 Å². The van der Waals surface area contributed by atoms with Crippen LogP contribution in [0, 0.1) is 0 Å². The minimum Gasteiger partial charge on any atom is -0.356 e. The van der Waals surface area contributed by atoms with Gasteiger partial charge in [0.15, 0.2) is 5.82 Å². The van der Waals surface area contributed by atoms with Crippen LogP contribution >= 0.6 is 11.6 Å². The summed E-state index contributed by atoms with van der Waals surface area (Å²) in [5.74, 6) is 0.778. The lowest BCUT2D eigenvalue weighted by Gasteiger charge is -2.18. The van der Waals surface area contributed by atoms with Crippen molar-refractivity contribution in [3.8, 4) is 0 Å². The largest absolute Gasteiger partial charge is 0.356 e. The van der Waals surface area contributed by atoms with E-state index in [2.05, 4.69) is 33.9 Å². The average Bonchev–Trinajstić information content (AvgIpc) is 2.07. The predicted molar refractivity (Wildman–Crippen MR) is 48.4 cm³/mol. The minimum atomic E-state index is 0.194. The van der Waals surface area contributed by atoms with Gasteiger partial charge in [0, 0.05) is 13.1 Å². The standard InChI is InChI=1S/C7H11ClN4/c1-3-12(4-2)6-5-9-11-7(8)10-6/h5H,3-4H2,1-2H3. The van der Waals surface area contributed by atoms with Gasteiger partial charge in [0.2, 0.25) is 5.28 Å². The number of hydrogen-bond donors (Lipinski definition) is 0. The van der Waals surface area contributed by atoms with Crippen LogP contribution in [-0.4, -0.2) is 28.3 Å². The summed E-state index contributed by atoms with van der Waals surface area (Å²) in [6.07, 6.45) is 1.61. The first-order valence-electron chi connectivity index (χ1n) is 3.88. The van der Waals surface area contributed by atoms with Gasteiger partial charge in [-0.15, -0.1) is 5.10 Å². The Hall–Kier alpha value is -0.900. The van der Waals surface area contributed by atoms with Crippen molar-refractivity contribution in [3.05, 3.63) is 11.5 Å². The molecule has 0 bridgehead atoms. The molecule has 0 saturated heterocycles. The molecule has 0 unspecified atom stereocenters. The molecule has 0 aromatic carbocycles. The summed E-state index contributed by atoms with van der Waals surface area (Å²) in [6.45, 7) is 5.90. The number of hydrogen-bond acceptors (Lipinski definition) is 4. The topological polar surface area (TPSA) is 41.9 Å². The molecule has 0 N–H and O–H groups in total. The van der Waals surface area contributed by atoms with Crippen molar-refractivity contribution in [1.29, 1.82) is 0 Å². The Morgan fingerprint density at radius 2 is 2.08 bits per heavy atom.